The standard InChI is InChI=1S/C43H26O6/c44-38(27-16-6-1-7-17-27)32-26-33-35(36(40(46)29-20-10-3-11-21-29)34(32)39(45)28-18-8-2-9-19-28)42(48)37(41(47)30-22-12-4-13-23-30)43(49-33)31-24-14-5-15-25-31/h1-26H. The lowest BCUT2D eigenvalue weighted by Crippen LogP contribution is -2.24. The topological polar surface area (TPSA) is 98.5 Å². The summed E-state index contributed by atoms with van der Waals surface area (Å²) in [4.78, 5) is 72.6. The van der Waals surface area contributed by atoms with Crippen LogP contribution in [0, 0.1) is 0 Å². The minimum Gasteiger partial charge on any atom is -0.455 e. The number of carbonyl (C=O) groups excluding carboxylic acids is 4. The molecule has 0 N–H and O–H groups in total. The molecule has 49 heavy (non-hydrogen) atoms. The molecule has 6 heteroatoms. The van der Waals surface area contributed by atoms with Crippen LogP contribution in [0.15, 0.2) is 167 Å². The molecule has 0 unspecified atom stereocenters. The molecule has 0 saturated carbocycles. The zero-order valence-electron chi connectivity index (χ0n) is 26.0. The van der Waals surface area contributed by atoms with E-state index < -0.39 is 28.6 Å². The molecule has 1 aromatic heterocycles. The van der Waals surface area contributed by atoms with E-state index >= 15 is 0 Å². The van der Waals surface area contributed by atoms with Crippen molar-refractivity contribution in [3.63, 3.8) is 0 Å². The van der Waals surface area contributed by atoms with Gasteiger partial charge in [0.2, 0.25) is 11.2 Å². The van der Waals surface area contributed by atoms with Gasteiger partial charge in [0.25, 0.3) is 0 Å². The van der Waals surface area contributed by atoms with Gasteiger partial charge in [0.05, 0.1) is 5.39 Å². The molecule has 0 saturated heterocycles. The quantitative estimate of drug-likeness (QED) is 0.147. The zero-order valence-corrected chi connectivity index (χ0v) is 26.0. The first-order valence-electron chi connectivity index (χ1n) is 15.6. The van der Waals surface area contributed by atoms with Gasteiger partial charge >= 0.3 is 0 Å². The van der Waals surface area contributed by atoms with E-state index in [-0.39, 0.29) is 61.2 Å². The number of hydrogen-bond donors (Lipinski definition) is 0. The molecule has 0 aliphatic heterocycles. The molecule has 0 radical (unpaired) electrons. The highest BCUT2D eigenvalue weighted by Gasteiger charge is 2.33. The van der Waals surface area contributed by atoms with Crippen LogP contribution in [0.5, 0.6) is 0 Å². The average Bonchev–Trinajstić information content (AvgIpc) is 3.17. The first-order chi connectivity index (χ1) is 23.9. The Morgan fingerprint density at radius 3 is 1.22 bits per heavy atom. The van der Waals surface area contributed by atoms with E-state index in [1.807, 2.05) is 0 Å². The van der Waals surface area contributed by atoms with Gasteiger partial charge in [0, 0.05) is 44.5 Å². The summed E-state index contributed by atoms with van der Waals surface area (Å²) in [6, 6.07) is 43.1. The summed E-state index contributed by atoms with van der Waals surface area (Å²) in [7, 11) is 0. The lowest BCUT2D eigenvalue weighted by molar-refractivity contribution is 0.0991. The number of benzene rings is 6. The van der Waals surface area contributed by atoms with Crippen LogP contribution in [0.25, 0.3) is 22.3 Å². The second kappa shape index (κ2) is 13.1. The maximum Gasteiger partial charge on any atom is 0.205 e. The van der Waals surface area contributed by atoms with Crippen molar-refractivity contribution in [1.82, 2.24) is 0 Å². The van der Waals surface area contributed by atoms with Gasteiger partial charge in [0.1, 0.15) is 16.9 Å². The summed E-state index contributed by atoms with van der Waals surface area (Å²) in [5.41, 5.74) is -0.560. The number of ketones is 4. The minimum absolute atomic E-state index is 0.0229. The summed E-state index contributed by atoms with van der Waals surface area (Å²) in [5, 5.41) is -0.267. The maximum absolute atomic E-state index is 14.9. The molecule has 0 aliphatic rings. The fourth-order valence-corrected chi connectivity index (χ4v) is 5.94. The Hall–Kier alpha value is -6.79. The van der Waals surface area contributed by atoms with E-state index in [1.54, 1.807) is 152 Å². The van der Waals surface area contributed by atoms with Gasteiger partial charge in [-0.15, -0.1) is 0 Å². The van der Waals surface area contributed by atoms with Crippen molar-refractivity contribution in [2.45, 2.75) is 0 Å². The second-order valence-corrected chi connectivity index (χ2v) is 11.3. The van der Waals surface area contributed by atoms with Crippen molar-refractivity contribution < 1.29 is 23.6 Å². The molecular weight excluding hydrogens is 612 g/mol. The van der Waals surface area contributed by atoms with Crippen molar-refractivity contribution in [3.8, 4) is 11.3 Å². The van der Waals surface area contributed by atoms with Gasteiger partial charge < -0.3 is 4.42 Å². The minimum atomic E-state index is -0.797. The number of fused-ring (bicyclic) bond motifs is 1. The van der Waals surface area contributed by atoms with Crippen LogP contribution in [0.4, 0.5) is 0 Å². The van der Waals surface area contributed by atoms with Gasteiger partial charge in [0.15, 0.2) is 17.3 Å². The van der Waals surface area contributed by atoms with Crippen molar-refractivity contribution in [2.75, 3.05) is 0 Å². The summed E-state index contributed by atoms with van der Waals surface area (Å²) < 4.78 is 6.46. The van der Waals surface area contributed by atoms with Gasteiger partial charge in [-0.2, -0.15) is 0 Å². The van der Waals surface area contributed by atoms with Gasteiger partial charge in [-0.25, -0.2) is 0 Å². The molecular formula is C43H26O6. The van der Waals surface area contributed by atoms with Crippen LogP contribution >= 0.6 is 0 Å². The van der Waals surface area contributed by atoms with Crippen molar-refractivity contribution in [3.05, 3.63) is 212 Å². The Kier molecular flexibility index (Phi) is 8.27. The molecule has 0 fully saturated rings. The van der Waals surface area contributed by atoms with Crippen LogP contribution in [0.1, 0.15) is 63.7 Å². The first-order valence-corrected chi connectivity index (χ1v) is 15.6. The molecule has 6 aromatic carbocycles. The Bertz CT molecular complexity index is 2430. The van der Waals surface area contributed by atoms with Crippen LogP contribution in [-0.4, -0.2) is 23.1 Å². The predicted molar refractivity (Wildman–Crippen MR) is 187 cm³/mol. The second-order valence-electron chi connectivity index (χ2n) is 11.3. The number of hydrogen-bond acceptors (Lipinski definition) is 6. The summed E-state index contributed by atoms with van der Waals surface area (Å²) in [6.45, 7) is 0. The lowest BCUT2D eigenvalue weighted by Gasteiger charge is -2.18. The van der Waals surface area contributed by atoms with Crippen LogP contribution in [-0.2, 0) is 0 Å². The summed E-state index contributed by atoms with van der Waals surface area (Å²) >= 11 is 0. The molecule has 7 aromatic rings. The van der Waals surface area contributed by atoms with E-state index in [0.717, 1.165) is 0 Å². The Labute approximate surface area is 280 Å². The average molecular weight is 639 g/mol. The third-order valence-electron chi connectivity index (χ3n) is 8.29. The van der Waals surface area contributed by atoms with E-state index in [9.17, 15) is 24.0 Å². The molecule has 0 aliphatic carbocycles. The number of rotatable bonds is 9. The largest absolute Gasteiger partial charge is 0.455 e. The highest BCUT2D eigenvalue weighted by atomic mass is 16.3. The molecule has 0 bridgehead atoms. The van der Waals surface area contributed by atoms with Crippen LogP contribution in [0.2, 0.25) is 0 Å². The Balaban J connectivity index is 1.67. The zero-order chi connectivity index (χ0) is 33.9. The van der Waals surface area contributed by atoms with Crippen molar-refractivity contribution in [1.29, 1.82) is 0 Å². The molecule has 234 valence electrons. The summed E-state index contributed by atoms with van der Waals surface area (Å²) in [6.07, 6.45) is 0. The van der Waals surface area contributed by atoms with Crippen LogP contribution < -0.4 is 5.43 Å². The van der Waals surface area contributed by atoms with E-state index in [1.165, 1.54) is 6.07 Å². The van der Waals surface area contributed by atoms with Gasteiger partial charge in [-0.3, -0.25) is 24.0 Å². The molecule has 0 atom stereocenters. The number of carbonyl (C=O) groups is 4. The summed E-state index contributed by atoms with van der Waals surface area (Å²) in [5.74, 6) is -2.50. The SMILES string of the molecule is O=C(c1ccccc1)c1cc2oc(-c3ccccc3)c(C(=O)c3ccccc3)c(=O)c2c(C(=O)c2ccccc2)c1C(=O)c1ccccc1. The van der Waals surface area contributed by atoms with E-state index in [2.05, 4.69) is 0 Å². The fraction of sp³-hybridized carbons (Fsp3) is 0. The molecule has 1 heterocycles. The highest BCUT2D eigenvalue weighted by Crippen LogP contribution is 2.35. The van der Waals surface area contributed by atoms with Gasteiger partial charge in [-0.1, -0.05) is 152 Å². The van der Waals surface area contributed by atoms with Crippen molar-refractivity contribution >= 4 is 34.1 Å². The fourth-order valence-electron chi connectivity index (χ4n) is 5.94. The molecule has 0 spiro atoms. The smallest absolute Gasteiger partial charge is 0.205 e. The first kappa shape index (κ1) is 30.8. The maximum atomic E-state index is 14.9. The molecule has 6 nitrogen and oxygen atoms in total. The molecule has 7 rings (SSSR count). The predicted octanol–water partition coefficient (Wildman–Crippen LogP) is 8.38. The Morgan fingerprint density at radius 1 is 0.408 bits per heavy atom. The van der Waals surface area contributed by atoms with Crippen LogP contribution in [0.3, 0.4) is 0 Å². The van der Waals surface area contributed by atoms with Gasteiger partial charge in [-0.05, 0) is 6.07 Å². The normalized spacial score (nSPS) is 10.9. The lowest BCUT2D eigenvalue weighted by atomic mass is 9.83. The third kappa shape index (κ3) is 5.72. The highest BCUT2D eigenvalue weighted by molar-refractivity contribution is 6.30. The van der Waals surface area contributed by atoms with E-state index in [4.69, 9.17) is 4.42 Å². The Morgan fingerprint density at radius 2 is 0.776 bits per heavy atom. The molecule has 0 amide bonds. The monoisotopic (exact) mass is 638 g/mol. The van der Waals surface area contributed by atoms with E-state index in [0.29, 0.717) is 5.56 Å². The van der Waals surface area contributed by atoms with Crippen molar-refractivity contribution in [2.24, 2.45) is 0 Å². The third-order valence-corrected chi connectivity index (χ3v) is 8.29.